The monoisotopic (exact) mass is 749 g/mol. The fourth-order valence-corrected chi connectivity index (χ4v) is 9.99. The van der Waals surface area contributed by atoms with Crippen molar-refractivity contribution in [3.8, 4) is 0 Å². The lowest BCUT2D eigenvalue weighted by Gasteiger charge is -2.40. The quantitative estimate of drug-likeness (QED) is 0.220. The van der Waals surface area contributed by atoms with Gasteiger partial charge in [0.05, 0.1) is 23.7 Å². The van der Waals surface area contributed by atoms with Crippen LogP contribution in [-0.4, -0.2) is 122 Å². The van der Waals surface area contributed by atoms with Crippen LogP contribution in [0.1, 0.15) is 136 Å². The molecule has 0 N–H and O–H groups in total. The maximum atomic E-state index is 14.6. The second-order valence-corrected chi connectivity index (χ2v) is 21.3. The van der Waals surface area contributed by atoms with Crippen molar-refractivity contribution >= 4 is 23.9 Å². The zero-order valence-corrected chi connectivity index (χ0v) is 36.7. The molecule has 0 bridgehead atoms. The number of carbonyl (C=O) groups excluding carboxylic acids is 4. The van der Waals surface area contributed by atoms with Gasteiger partial charge in [0.15, 0.2) is 0 Å². The highest BCUT2D eigenvalue weighted by Gasteiger charge is 2.64. The molecule has 0 aromatic rings. The summed E-state index contributed by atoms with van der Waals surface area (Å²) in [6, 6.07) is 0. The van der Waals surface area contributed by atoms with Crippen LogP contribution in [0.25, 0.3) is 0 Å². The van der Waals surface area contributed by atoms with E-state index < -0.39 is 98.0 Å². The number of carbonyl (C=O) groups is 4. The summed E-state index contributed by atoms with van der Waals surface area (Å²) >= 11 is 0. The van der Waals surface area contributed by atoms with Gasteiger partial charge in [0, 0.05) is 44.3 Å². The molecule has 0 radical (unpaired) electrons. The molecule has 4 atom stereocenters. The van der Waals surface area contributed by atoms with E-state index in [2.05, 4.69) is 19.6 Å². The second kappa shape index (κ2) is 12.9. The van der Waals surface area contributed by atoms with Crippen molar-refractivity contribution in [3.05, 3.63) is 0 Å². The number of rotatable bonds is 8. The molecule has 0 amide bonds. The Morgan fingerprint density at radius 1 is 0.377 bits per heavy atom. The predicted octanol–water partition coefficient (Wildman–Crippen LogP) is 5.81. The molecule has 0 spiro atoms. The molecular weight excluding hydrogens is 676 g/mol. The van der Waals surface area contributed by atoms with Gasteiger partial charge in [-0.1, -0.05) is 0 Å². The van der Waals surface area contributed by atoms with E-state index >= 15 is 0 Å². The fourth-order valence-electron chi connectivity index (χ4n) is 9.99. The molecule has 0 aromatic heterocycles. The molecular formula is C41H72N4O8. The van der Waals surface area contributed by atoms with Gasteiger partial charge in [-0.15, -0.1) is 0 Å². The summed E-state index contributed by atoms with van der Waals surface area (Å²) in [7, 11) is 7.79. The number of hydrogen-bond donors (Lipinski definition) is 0. The molecule has 304 valence electrons. The average Bonchev–Trinajstić information content (AvgIpc) is 3.44. The van der Waals surface area contributed by atoms with Gasteiger partial charge in [0.25, 0.3) is 0 Å². The molecule has 4 heterocycles. The summed E-state index contributed by atoms with van der Waals surface area (Å²) in [4.78, 5) is 66.9. The largest absolute Gasteiger partial charge is 0.619 e. The second-order valence-electron chi connectivity index (χ2n) is 21.3. The molecule has 12 nitrogen and oxygen atoms in total. The van der Waals surface area contributed by atoms with Gasteiger partial charge >= 0.3 is 30.0 Å². The predicted molar refractivity (Wildman–Crippen MR) is 203 cm³/mol. The number of ether oxygens (including phenoxy) is 4. The maximum absolute atomic E-state index is 14.6. The summed E-state index contributed by atoms with van der Waals surface area (Å²) < 4.78 is 24.8. The Bertz CT molecular complexity index is 1270. The molecule has 4 unspecified atom stereocenters. The zero-order valence-electron chi connectivity index (χ0n) is 36.7. The van der Waals surface area contributed by atoms with Crippen molar-refractivity contribution in [2.24, 2.45) is 23.7 Å². The SMILES string of the molecule is CN1C(C)(C)CC(C(=O)OC(OC(=O)C2CC(C)(C)N(C)C2(C)C)(OC(=O)C2CC(C)(C)N(C)C2(C)C)OC(=O)C2CC(C)(C)N(C)C2(C)C)C1(C)C. The zero-order chi connectivity index (χ0) is 41.1. The van der Waals surface area contributed by atoms with Crippen molar-refractivity contribution in [1.82, 2.24) is 19.6 Å². The third kappa shape index (κ3) is 7.16. The Hall–Kier alpha value is -2.28. The van der Waals surface area contributed by atoms with E-state index in [9.17, 15) is 19.2 Å². The van der Waals surface area contributed by atoms with Gasteiger partial charge in [-0.05, 0) is 165 Å². The van der Waals surface area contributed by atoms with E-state index in [-0.39, 0.29) is 0 Å². The van der Waals surface area contributed by atoms with Crippen molar-refractivity contribution < 1.29 is 38.1 Å². The van der Waals surface area contributed by atoms with E-state index in [1.165, 1.54) is 0 Å². The highest BCUT2D eigenvalue weighted by Crippen LogP contribution is 2.50. The highest BCUT2D eigenvalue weighted by molar-refractivity contribution is 5.81. The van der Waals surface area contributed by atoms with Crippen LogP contribution >= 0.6 is 0 Å². The molecule has 0 saturated carbocycles. The molecule has 4 rings (SSSR count). The standard InChI is InChI=1S/C41H72N4O8/c1-33(2)21-25(37(9,10)42(33)17)29(46)50-41(51-30(47)26-22-34(3,4)43(18)38(26,11)12,52-31(48)27-23-35(5,6)44(19)39(27,13)14)53-32(49)28-24-36(7,8)45(20)40(28,15)16/h25-28H,21-24H2,1-20H3. The Kier molecular flexibility index (Phi) is 10.6. The van der Waals surface area contributed by atoms with Crippen LogP contribution in [0.4, 0.5) is 0 Å². The summed E-state index contributed by atoms with van der Waals surface area (Å²) in [6.45, 7) is 31.8. The third-order valence-corrected chi connectivity index (χ3v) is 15.4. The minimum atomic E-state index is -3.12. The Labute approximate surface area is 319 Å². The first-order valence-corrected chi connectivity index (χ1v) is 19.4. The number of likely N-dealkylation sites (tertiary alicyclic amines) is 4. The first-order valence-electron chi connectivity index (χ1n) is 19.4. The Morgan fingerprint density at radius 2 is 0.528 bits per heavy atom. The topological polar surface area (TPSA) is 118 Å². The summed E-state index contributed by atoms with van der Waals surface area (Å²) in [6.07, 6.45) is -1.51. The minimum Gasteiger partial charge on any atom is -0.352 e. The van der Waals surface area contributed by atoms with Gasteiger partial charge in [-0.3, -0.25) is 38.8 Å². The molecule has 4 aliphatic heterocycles. The Balaban J connectivity index is 1.88. The molecule has 4 saturated heterocycles. The third-order valence-electron chi connectivity index (χ3n) is 15.4. The van der Waals surface area contributed by atoms with Crippen LogP contribution in [0.15, 0.2) is 0 Å². The first-order chi connectivity index (χ1) is 23.5. The molecule has 53 heavy (non-hydrogen) atoms. The van der Waals surface area contributed by atoms with E-state index in [0.717, 1.165) is 0 Å². The molecule has 4 aliphatic rings. The summed E-state index contributed by atoms with van der Waals surface area (Å²) in [5.74, 6) is -6.16. The van der Waals surface area contributed by atoms with Gasteiger partial charge < -0.3 is 18.9 Å². The van der Waals surface area contributed by atoms with Crippen LogP contribution in [0.3, 0.4) is 0 Å². The maximum Gasteiger partial charge on any atom is 0.619 e. The van der Waals surface area contributed by atoms with Crippen LogP contribution in [0, 0.1) is 23.7 Å². The Morgan fingerprint density at radius 3 is 0.642 bits per heavy atom. The highest BCUT2D eigenvalue weighted by atomic mass is 17.0. The van der Waals surface area contributed by atoms with Crippen molar-refractivity contribution in [1.29, 1.82) is 0 Å². The number of esters is 4. The van der Waals surface area contributed by atoms with E-state index in [4.69, 9.17) is 18.9 Å². The molecule has 4 fully saturated rings. The minimum absolute atomic E-state index is 0.391. The van der Waals surface area contributed by atoms with E-state index in [1.807, 2.05) is 139 Å². The van der Waals surface area contributed by atoms with Crippen LogP contribution in [-0.2, 0) is 38.1 Å². The lowest BCUT2D eigenvalue weighted by Crippen LogP contribution is -2.56. The lowest BCUT2D eigenvalue weighted by molar-refractivity contribution is -0.436. The fraction of sp³-hybridized carbons (Fsp3) is 0.902. The van der Waals surface area contributed by atoms with Crippen molar-refractivity contribution in [2.75, 3.05) is 28.2 Å². The van der Waals surface area contributed by atoms with Gasteiger partial charge in [0.1, 0.15) is 0 Å². The van der Waals surface area contributed by atoms with Crippen LogP contribution in [0.5, 0.6) is 0 Å². The van der Waals surface area contributed by atoms with Gasteiger partial charge in [-0.2, -0.15) is 0 Å². The van der Waals surface area contributed by atoms with Gasteiger partial charge in [0.2, 0.25) is 0 Å². The normalized spacial score (nSPS) is 33.6. The van der Waals surface area contributed by atoms with E-state index in [1.54, 1.807) is 0 Å². The van der Waals surface area contributed by atoms with E-state index in [0.29, 0.717) is 25.7 Å². The van der Waals surface area contributed by atoms with Crippen molar-refractivity contribution in [2.45, 2.75) is 187 Å². The average molecular weight is 749 g/mol. The molecule has 0 aromatic carbocycles. The smallest absolute Gasteiger partial charge is 0.352 e. The number of nitrogens with zero attached hydrogens (tertiary/aromatic N) is 4. The number of hydrogen-bond acceptors (Lipinski definition) is 12. The lowest BCUT2D eigenvalue weighted by atomic mass is 9.86. The van der Waals surface area contributed by atoms with Crippen molar-refractivity contribution in [3.63, 3.8) is 0 Å². The summed E-state index contributed by atoms with van der Waals surface area (Å²) in [5.41, 5.74) is -4.38. The molecule has 0 aliphatic carbocycles. The first kappa shape index (κ1) is 43.4. The van der Waals surface area contributed by atoms with Gasteiger partial charge in [-0.25, -0.2) is 0 Å². The van der Waals surface area contributed by atoms with Crippen LogP contribution in [0.2, 0.25) is 0 Å². The molecule has 12 heteroatoms. The summed E-state index contributed by atoms with van der Waals surface area (Å²) in [5, 5.41) is 0. The van der Waals surface area contributed by atoms with Crippen LogP contribution < -0.4 is 0 Å².